The molecule has 13 nitrogen and oxygen atoms in total. The number of halogens is 1. The van der Waals surface area contributed by atoms with Crippen LogP contribution in [0.2, 0.25) is 0 Å². The van der Waals surface area contributed by atoms with Crippen LogP contribution in [0.4, 0.5) is 14.9 Å². The van der Waals surface area contributed by atoms with Gasteiger partial charge in [-0.15, -0.1) is 10.2 Å². The summed E-state index contributed by atoms with van der Waals surface area (Å²) in [7, 11) is 8.39. The summed E-state index contributed by atoms with van der Waals surface area (Å²) in [6.45, 7) is 1.45. The van der Waals surface area contributed by atoms with Gasteiger partial charge < -0.3 is 34.1 Å². The molecule has 0 atom stereocenters. The Labute approximate surface area is 241 Å². The molecule has 0 fully saturated rings. The lowest BCUT2D eigenvalue weighted by Crippen LogP contribution is -2.31. The lowest BCUT2D eigenvalue weighted by atomic mass is 10.2. The quantitative estimate of drug-likeness (QED) is 0.196. The van der Waals surface area contributed by atoms with Crippen molar-refractivity contribution in [3.63, 3.8) is 0 Å². The first-order chi connectivity index (χ1) is 20.2. The standard InChI is InChI=1S/C28H31FN8O5/c1-35(2)10-11-36-17-32-34-27(36)22-15-20(8-9-31-22)42-23-7-6-19(14-21(23)29)37(28(30)38)33-16-18-12-24(39-3)26(41-5)25(13-18)40-4/h6-9,12-17H,10-11H2,1-5H3,(H2,30,38)/b33-16+. The fourth-order valence-electron chi connectivity index (χ4n) is 3.90. The van der Waals surface area contributed by atoms with Crippen LogP contribution < -0.4 is 29.7 Å². The van der Waals surface area contributed by atoms with Crippen molar-refractivity contribution in [2.45, 2.75) is 6.54 Å². The van der Waals surface area contributed by atoms with Crippen molar-refractivity contribution < 1.29 is 28.1 Å². The van der Waals surface area contributed by atoms with E-state index in [0.29, 0.717) is 46.6 Å². The number of hydrogen-bond donors (Lipinski definition) is 1. The smallest absolute Gasteiger partial charge is 0.340 e. The number of ether oxygens (including phenoxy) is 4. The van der Waals surface area contributed by atoms with Gasteiger partial charge in [0, 0.05) is 37.0 Å². The van der Waals surface area contributed by atoms with Crippen molar-refractivity contribution in [1.82, 2.24) is 24.6 Å². The first kappa shape index (κ1) is 29.7. The maximum absolute atomic E-state index is 15.2. The van der Waals surface area contributed by atoms with Gasteiger partial charge in [-0.3, -0.25) is 4.98 Å². The summed E-state index contributed by atoms with van der Waals surface area (Å²) in [6.07, 6.45) is 4.52. The van der Waals surface area contributed by atoms with Gasteiger partial charge in [-0.05, 0) is 44.4 Å². The largest absolute Gasteiger partial charge is 0.493 e. The van der Waals surface area contributed by atoms with Gasteiger partial charge >= 0.3 is 6.03 Å². The average molecular weight is 579 g/mol. The Kier molecular flexibility index (Phi) is 9.50. The maximum atomic E-state index is 15.2. The highest BCUT2D eigenvalue weighted by Gasteiger charge is 2.17. The Hall–Kier alpha value is -5.24. The van der Waals surface area contributed by atoms with E-state index >= 15 is 4.39 Å². The Bertz CT molecular complexity index is 1550. The van der Waals surface area contributed by atoms with Crippen molar-refractivity contribution in [1.29, 1.82) is 0 Å². The molecule has 2 aromatic heterocycles. The second-order valence-electron chi connectivity index (χ2n) is 9.10. The molecule has 4 rings (SSSR count). The van der Waals surface area contributed by atoms with E-state index in [1.807, 2.05) is 23.6 Å². The number of carbonyl (C=O) groups excluding carboxylic acids is 1. The highest BCUT2D eigenvalue weighted by Crippen LogP contribution is 2.38. The van der Waals surface area contributed by atoms with E-state index in [1.165, 1.54) is 45.9 Å². The van der Waals surface area contributed by atoms with Gasteiger partial charge in [-0.1, -0.05) is 0 Å². The molecular formula is C28H31FN8O5. The number of anilines is 1. The van der Waals surface area contributed by atoms with Crippen molar-refractivity contribution in [3.8, 4) is 40.3 Å². The summed E-state index contributed by atoms with van der Waals surface area (Å²) in [5.74, 6) is 1.25. The van der Waals surface area contributed by atoms with E-state index < -0.39 is 11.8 Å². The van der Waals surface area contributed by atoms with Crippen LogP contribution in [-0.2, 0) is 6.54 Å². The van der Waals surface area contributed by atoms with Crippen LogP contribution in [0.1, 0.15) is 5.56 Å². The van der Waals surface area contributed by atoms with Gasteiger partial charge in [0.1, 0.15) is 17.8 Å². The number of urea groups is 1. The molecule has 0 bridgehead atoms. The topological polar surface area (TPSA) is 142 Å². The second-order valence-corrected chi connectivity index (χ2v) is 9.10. The van der Waals surface area contributed by atoms with Gasteiger partial charge in [0.15, 0.2) is 28.9 Å². The molecule has 2 heterocycles. The minimum atomic E-state index is -0.927. The third-order valence-electron chi connectivity index (χ3n) is 5.97. The van der Waals surface area contributed by atoms with E-state index in [0.717, 1.165) is 17.6 Å². The van der Waals surface area contributed by atoms with Crippen molar-refractivity contribution in [2.24, 2.45) is 10.8 Å². The number of nitrogens with two attached hydrogens (primary N) is 1. The van der Waals surface area contributed by atoms with Gasteiger partial charge in [0.2, 0.25) is 5.75 Å². The van der Waals surface area contributed by atoms with Crippen LogP contribution in [0.25, 0.3) is 11.5 Å². The van der Waals surface area contributed by atoms with E-state index in [4.69, 9.17) is 24.7 Å². The molecule has 2 amide bonds. The third kappa shape index (κ3) is 6.90. The normalized spacial score (nSPS) is 11.1. The summed E-state index contributed by atoms with van der Waals surface area (Å²) < 4.78 is 38.8. The number of primary amides is 1. The fourth-order valence-corrected chi connectivity index (χ4v) is 3.90. The minimum Gasteiger partial charge on any atom is -0.493 e. The van der Waals surface area contributed by atoms with E-state index in [-0.39, 0.29) is 11.4 Å². The first-order valence-corrected chi connectivity index (χ1v) is 12.6. The zero-order chi connectivity index (χ0) is 30.2. The number of rotatable bonds is 12. The highest BCUT2D eigenvalue weighted by molar-refractivity contribution is 5.93. The van der Waals surface area contributed by atoms with Crippen molar-refractivity contribution in [2.75, 3.05) is 47.0 Å². The molecule has 2 aromatic carbocycles. The maximum Gasteiger partial charge on any atom is 0.340 e. The van der Waals surface area contributed by atoms with Crippen LogP contribution in [-0.4, -0.2) is 78.9 Å². The molecule has 0 unspecified atom stereocenters. The minimum absolute atomic E-state index is 0.0806. The Morgan fingerprint density at radius 1 is 1.05 bits per heavy atom. The summed E-state index contributed by atoms with van der Waals surface area (Å²) >= 11 is 0. The summed E-state index contributed by atoms with van der Waals surface area (Å²) in [6, 6.07) is 9.49. The molecule has 0 spiro atoms. The number of hydrogen-bond acceptors (Lipinski definition) is 10. The number of likely N-dealkylation sites (N-methyl/N-ethyl adjacent to an activating group) is 1. The molecular weight excluding hydrogens is 547 g/mol. The number of methoxy groups -OCH3 is 3. The molecule has 0 radical (unpaired) electrons. The highest BCUT2D eigenvalue weighted by atomic mass is 19.1. The number of amides is 2. The second kappa shape index (κ2) is 13.4. The lowest BCUT2D eigenvalue weighted by Gasteiger charge is -2.16. The molecule has 0 aliphatic carbocycles. The molecule has 2 N–H and O–H groups in total. The van der Waals surface area contributed by atoms with Gasteiger partial charge in [-0.2, -0.15) is 10.1 Å². The third-order valence-corrected chi connectivity index (χ3v) is 5.97. The SMILES string of the molecule is COc1cc(/C=N/N(C(N)=O)c2ccc(Oc3ccnc(-c4nncn4CCN(C)C)c3)c(F)c2)cc(OC)c1OC. The molecule has 14 heteroatoms. The molecule has 0 saturated heterocycles. The predicted molar refractivity (Wildman–Crippen MR) is 154 cm³/mol. The fraction of sp³-hybridized carbons (Fsp3) is 0.250. The molecule has 220 valence electrons. The zero-order valence-electron chi connectivity index (χ0n) is 23.8. The number of aromatic nitrogens is 4. The van der Waals surface area contributed by atoms with Crippen LogP contribution in [0.3, 0.4) is 0 Å². The van der Waals surface area contributed by atoms with Gasteiger partial charge in [0.05, 0.1) is 33.2 Å². The van der Waals surface area contributed by atoms with Crippen LogP contribution in [0.5, 0.6) is 28.7 Å². The summed E-state index contributed by atoms with van der Waals surface area (Å²) in [5, 5.41) is 13.1. The van der Waals surface area contributed by atoms with Gasteiger partial charge in [-0.25, -0.2) is 9.18 Å². The van der Waals surface area contributed by atoms with E-state index in [2.05, 4.69) is 20.3 Å². The number of carbonyl (C=O) groups is 1. The Balaban J connectivity index is 1.55. The number of hydrazone groups is 1. The Morgan fingerprint density at radius 3 is 2.40 bits per heavy atom. The van der Waals surface area contributed by atoms with Crippen LogP contribution in [0.15, 0.2) is 60.1 Å². The summed E-state index contributed by atoms with van der Waals surface area (Å²) in [5.41, 5.74) is 6.66. The van der Waals surface area contributed by atoms with E-state index in [9.17, 15) is 4.79 Å². The molecule has 4 aromatic rings. The zero-order valence-corrected chi connectivity index (χ0v) is 23.8. The van der Waals surface area contributed by atoms with Crippen LogP contribution >= 0.6 is 0 Å². The van der Waals surface area contributed by atoms with Gasteiger partial charge in [0.25, 0.3) is 0 Å². The number of pyridine rings is 1. The van der Waals surface area contributed by atoms with Crippen molar-refractivity contribution in [3.05, 3.63) is 66.4 Å². The van der Waals surface area contributed by atoms with Crippen LogP contribution in [0, 0.1) is 5.82 Å². The predicted octanol–water partition coefficient (Wildman–Crippen LogP) is 3.78. The number of nitrogens with zero attached hydrogens (tertiary/aromatic N) is 7. The lowest BCUT2D eigenvalue weighted by molar-refractivity contribution is 0.254. The summed E-state index contributed by atoms with van der Waals surface area (Å²) in [4.78, 5) is 18.6. The molecule has 0 saturated carbocycles. The Morgan fingerprint density at radius 2 is 1.79 bits per heavy atom. The van der Waals surface area contributed by atoms with Crippen molar-refractivity contribution >= 4 is 17.9 Å². The number of benzene rings is 2. The molecule has 0 aliphatic rings. The van der Waals surface area contributed by atoms with E-state index in [1.54, 1.807) is 30.6 Å². The average Bonchev–Trinajstić information content (AvgIpc) is 3.45. The molecule has 0 aliphatic heterocycles. The first-order valence-electron chi connectivity index (χ1n) is 12.6. The monoisotopic (exact) mass is 578 g/mol. The molecule has 42 heavy (non-hydrogen) atoms.